The Morgan fingerprint density at radius 1 is 1.20 bits per heavy atom. The molecule has 20 heavy (non-hydrogen) atoms. The van der Waals surface area contributed by atoms with Gasteiger partial charge in [-0.25, -0.2) is 18.4 Å². The Morgan fingerprint density at radius 3 is 2.75 bits per heavy atom. The molecule has 0 aromatic carbocycles. The van der Waals surface area contributed by atoms with Crippen molar-refractivity contribution >= 4 is 15.7 Å². The van der Waals surface area contributed by atoms with Gasteiger partial charge in [0.2, 0.25) is 0 Å². The lowest BCUT2D eigenvalue weighted by atomic mass is 9.96. The lowest BCUT2D eigenvalue weighted by Gasteiger charge is -2.20. The second kappa shape index (κ2) is 5.31. The first-order valence-electron chi connectivity index (χ1n) is 7.38. The minimum atomic E-state index is -2.89. The molecule has 1 unspecified atom stereocenters. The van der Waals surface area contributed by atoms with Crippen molar-refractivity contribution in [2.45, 2.75) is 50.7 Å². The number of sulfone groups is 1. The molecule has 1 N–H and O–H groups in total. The minimum absolute atomic E-state index is 0.253. The summed E-state index contributed by atoms with van der Waals surface area (Å²) in [4.78, 5) is 8.99. The van der Waals surface area contributed by atoms with Gasteiger partial charge in [-0.2, -0.15) is 0 Å². The smallest absolute Gasteiger partial charge is 0.154 e. The fraction of sp³-hybridized carbons (Fsp3) is 0.714. The van der Waals surface area contributed by atoms with E-state index in [1.807, 2.05) is 6.92 Å². The summed E-state index contributed by atoms with van der Waals surface area (Å²) in [6.45, 7) is 2.37. The zero-order chi connectivity index (χ0) is 14.2. The second-order valence-electron chi connectivity index (χ2n) is 5.76. The molecule has 1 atom stereocenters. The van der Waals surface area contributed by atoms with Gasteiger partial charge in [0.15, 0.2) is 9.84 Å². The van der Waals surface area contributed by atoms with Crippen molar-refractivity contribution in [2.24, 2.45) is 0 Å². The number of fused-ring (bicyclic) bond motifs is 1. The fourth-order valence-electron chi connectivity index (χ4n) is 3.16. The monoisotopic (exact) mass is 295 g/mol. The normalized spacial score (nSPS) is 24.4. The Morgan fingerprint density at radius 2 is 2.00 bits per heavy atom. The van der Waals surface area contributed by atoms with Crippen LogP contribution in [0, 0.1) is 6.92 Å². The van der Waals surface area contributed by atoms with Crippen LogP contribution < -0.4 is 5.32 Å². The Bertz CT molecular complexity index is 613. The lowest BCUT2D eigenvalue weighted by molar-refractivity contribution is 0.591. The number of nitrogens with zero attached hydrogens (tertiary/aromatic N) is 2. The average molecular weight is 295 g/mol. The number of hydrogen-bond donors (Lipinski definition) is 1. The minimum Gasteiger partial charge on any atom is -0.368 e. The molecular formula is C14H21N3O2S. The van der Waals surface area contributed by atoms with Crippen LogP contribution in [-0.2, 0) is 22.7 Å². The molecule has 3 rings (SSSR count). The zero-order valence-corrected chi connectivity index (χ0v) is 12.7. The summed E-state index contributed by atoms with van der Waals surface area (Å²) in [5.41, 5.74) is 2.33. The van der Waals surface area contributed by atoms with Gasteiger partial charge < -0.3 is 5.32 Å². The molecule has 2 aliphatic rings. The van der Waals surface area contributed by atoms with Crippen molar-refractivity contribution in [1.29, 1.82) is 0 Å². The Labute approximate surface area is 120 Å². The second-order valence-corrected chi connectivity index (χ2v) is 8.16. The number of nitrogens with one attached hydrogen (secondary N) is 1. The number of anilines is 1. The summed E-state index contributed by atoms with van der Waals surface area (Å²) in [7, 11) is -2.89. The van der Waals surface area contributed by atoms with Gasteiger partial charge in [-0.3, -0.25) is 0 Å². The largest absolute Gasteiger partial charge is 0.368 e. The van der Waals surface area contributed by atoms with Gasteiger partial charge in [-0.1, -0.05) is 0 Å². The molecule has 1 aliphatic heterocycles. The molecule has 0 radical (unpaired) electrons. The third-order valence-corrected chi connectivity index (χ3v) is 6.53. The van der Waals surface area contributed by atoms with Gasteiger partial charge >= 0.3 is 0 Å². The van der Waals surface area contributed by atoms with Gasteiger partial charge in [0, 0.05) is 17.8 Å². The van der Waals surface area contributed by atoms with E-state index in [2.05, 4.69) is 15.3 Å². The Hall–Kier alpha value is -1.17. The van der Waals surface area contributed by atoms with E-state index in [0.717, 1.165) is 49.4 Å². The van der Waals surface area contributed by atoms with E-state index in [1.54, 1.807) is 0 Å². The maximum Gasteiger partial charge on any atom is 0.154 e. The third-order valence-electron chi connectivity index (χ3n) is 4.25. The predicted octanol–water partition coefficient (Wildman–Crippen LogP) is 1.65. The van der Waals surface area contributed by atoms with Crippen molar-refractivity contribution in [3.8, 4) is 0 Å². The first kappa shape index (κ1) is 13.8. The Balaban J connectivity index is 1.79. The summed E-state index contributed by atoms with van der Waals surface area (Å²) < 4.78 is 23.7. The standard InChI is InChI=1S/C14H21N3O2S/c1-10-16-13-7-3-2-6-12(13)14(17-10)15-9-11-5-4-8-20(11,18)19/h11H,2-9H2,1H3,(H,15,16,17). The van der Waals surface area contributed by atoms with Gasteiger partial charge in [-0.15, -0.1) is 0 Å². The van der Waals surface area contributed by atoms with Gasteiger partial charge in [0.05, 0.1) is 11.0 Å². The maximum atomic E-state index is 11.9. The van der Waals surface area contributed by atoms with Crippen LogP contribution in [0.15, 0.2) is 0 Å². The van der Waals surface area contributed by atoms with E-state index in [4.69, 9.17) is 0 Å². The van der Waals surface area contributed by atoms with Crippen molar-refractivity contribution in [3.05, 3.63) is 17.1 Å². The molecule has 5 nitrogen and oxygen atoms in total. The number of rotatable bonds is 3. The van der Waals surface area contributed by atoms with E-state index in [0.29, 0.717) is 12.3 Å². The summed E-state index contributed by atoms with van der Waals surface area (Å²) >= 11 is 0. The average Bonchev–Trinajstić information content (AvgIpc) is 2.74. The number of aryl methyl sites for hydroxylation is 2. The highest BCUT2D eigenvalue weighted by molar-refractivity contribution is 7.92. The summed E-state index contributed by atoms with van der Waals surface area (Å²) in [5.74, 6) is 1.96. The van der Waals surface area contributed by atoms with Crippen LogP contribution in [-0.4, -0.2) is 35.9 Å². The molecule has 1 saturated heterocycles. The molecule has 0 bridgehead atoms. The van der Waals surface area contributed by atoms with Crippen LogP contribution >= 0.6 is 0 Å². The first-order chi connectivity index (χ1) is 9.56. The molecule has 6 heteroatoms. The third kappa shape index (κ3) is 2.66. The highest BCUT2D eigenvalue weighted by Crippen LogP contribution is 2.26. The van der Waals surface area contributed by atoms with Gasteiger partial charge in [-0.05, 0) is 45.4 Å². The van der Waals surface area contributed by atoms with E-state index >= 15 is 0 Å². The molecule has 0 spiro atoms. The van der Waals surface area contributed by atoms with Crippen LogP contribution in [0.4, 0.5) is 5.82 Å². The summed E-state index contributed by atoms with van der Waals surface area (Å²) in [5, 5.41) is 3.03. The van der Waals surface area contributed by atoms with E-state index in [9.17, 15) is 8.42 Å². The number of hydrogen-bond acceptors (Lipinski definition) is 5. The molecule has 1 aromatic rings. The molecular weight excluding hydrogens is 274 g/mol. The summed E-state index contributed by atoms with van der Waals surface area (Å²) in [6.07, 6.45) is 5.90. The lowest BCUT2D eigenvalue weighted by Crippen LogP contribution is -2.26. The maximum absolute atomic E-state index is 11.9. The van der Waals surface area contributed by atoms with Crippen LogP contribution in [0.1, 0.15) is 42.8 Å². The van der Waals surface area contributed by atoms with Gasteiger partial charge in [0.1, 0.15) is 11.6 Å². The van der Waals surface area contributed by atoms with Crippen molar-refractivity contribution < 1.29 is 8.42 Å². The highest BCUT2D eigenvalue weighted by Gasteiger charge is 2.31. The van der Waals surface area contributed by atoms with E-state index in [1.165, 1.54) is 12.0 Å². The molecule has 0 saturated carbocycles. The predicted molar refractivity (Wildman–Crippen MR) is 78.7 cm³/mol. The molecule has 110 valence electrons. The molecule has 2 heterocycles. The van der Waals surface area contributed by atoms with Gasteiger partial charge in [0.25, 0.3) is 0 Å². The van der Waals surface area contributed by atoms with Crippen LogP contribution in [0.5, 0.6) is 0 Å². The SMILES string of the molecule is Cc1nc2c(c(NCC3CCCS3(=O)=O)n1)CCCC2. The highest BCUT2D eigenvalue weighted by atomic mass is 32.2. The van der Waals surface area contributed by atoms with Crippen LogP contribution in [0.3, 0.4) is 0 Å². The molecule has 1 fully saturated rings. The quantitative estimate of drug-likeness (QED) is 0.918. The topological polar surface area (TPSA) is 72.0 Å². The number of aromatic nitrogens is 2. The van der Waals surface area contributed by atoms with Crippen LogP contribution in [0.2, 0.25) is 0 Å². The molecule has 0 amide bonds. The van der Waals surface area contributed by atoms with E-state index < -0.39 is 9.84 Å². The van der Waals surface area contributed by atoms with Crippen molar-refractivity contribution in [3.63, 3.8) is 0 Å². The molecule has 1 aromatic heterocycles. The summed E-state index contributed by atoms with van der Waals surface area (Å²) in [6, 6.07) is 0. The van der Waals surface area contributed by atoms with E-state index in [-0.39, 0.29) is 5.25 Å². The Kier molecular flexibility index (Phi) is 3.67. The van der Waals surface area contributed by atoms with Crippen molar-refractivity contribution in [2.75, 3.05) is 17.6 Å². The van der Waals surface area contributed by atoms with Crippen LogP contribution in [0.25, 0.3) is 0 Å². The fourth-order valence-corrected chi connectivity index (χ4v) is 4.93. The molecule has 1 aliphatic carbocycles. The van der Waals surface area contributed by atoms with Crippen molar-refractivity contribution in [1.82, 2.24) is 9.97 Å². The zero-order valence-electron chi connectivity index (χ0n) is 11.9. The first-order valence-corrected chi connectivity index (χ1v) is 9.09.